The molecule has 7 nitrogen and oxygen atoms in total. The molecule has 0 aliphatic rings. The maximum Gasteiger partial charge on any atom is 0.229 e. The summed E-state index contributed by atoms with van der Waals surface area (Å²) in [5.41, 5.74) is 0. The van der Waals surface area contributed by atoms with Gasteiger partial charge in [-0.1, -0.05) is 11.8 Å². The summed E-state index contributed by atoms with van der Waals surface area (Å²) in [7, 11) is 3.92. The van der Waals surface area contributed by atoms with Gasteiger partial charge in [0.25, 0.3) is 0 Å². The number of rotatable bonds is 5. The van der Waals surface area contributed by atoms with Crippen LogP contribution in [0.1, 0.15) is 43.8 Å². The van der Waals surface area contributed by atoms with Crippen LogP contribution in [-0.4, -0.2) is 39.1 Å². The average Bonchev–Trinajstić information content (AvgIpc) is 2.95. The Labute approximate surface area is 122 Å². The van der Waals surface area contributed by atoms with Gasteiger partial charge in [-0.05, 0) is 20.8 Å². The van der Waals surface area contributed by atoms with E-state index in [9.17, 15) is 0 Å². The summed E-state index contributed by atoms with van der Waals surface area (Å²) < 4.78 is 7.56. The quantitative estimate of drug-likeness (QED) is 0.785. The zero-order valence-electron chi connectivity index (χ0n) is 12.7. The number of hydrogen-bond donors (Lipinski definition) is 0. The largest absolute Gasteiger partial charge is 0.424 e. The first-order chi connectivity index (χ1) is 9.40. The van der Waals surface area contributed by atoms with Crippen LogP contribution in [0.2, 0.25) is 0 Å². The van der Waals surface area contributed by atoms with E-state index in [4.69, 9.17) is 4.42 Å². The van der Waals surface area contributed by atoms with E-state index in [0.29, 0.717) is 11.8 Å². The summed E-state index contributed by atoms with van der Waals surface area (Å²) in [6.45, 7) is 8.03. The molecule has 2 aromatic heterocycles. The summed E-state index contributed by atoms with van der Waals surface area (Å²) in [6, 6.07) is 0.279. The third-order valence-corrected chi connectivity index (χ3v) is 3.78. The van der Waals surface area contributed by atoms with Crippen molar-refractivity contribution in [3.63, 3.8) is 0 Å². The van der Waals surface area contributed by atoms with Crippen LogP contribution in [0.4, 0.5) is 5.95 Å². The molecule has 110 valence electrons. The Morgan fingerprint density at radius 3 is 2.30 bits per heavy atom. The van der Waals surface area contributed by atoms with Crippen molar-refractivity contribution in [1.29, 1.82) is 0 Å². The minimum Gasteiger partial charge on any atom is -0.424 e. The van der Waals surface area contributed by atoms with Crippen molar-refractivity contribution in [2.45, 2.75) is 44.1 Å². The second kappa shape index (κ2) is 5.82. The van der Waals surface area contributed by atoms with E-state index in [0.717, 1.165) is 11.1 Å². The Bertz CT molecular complexity index is 576. The first-order valence-corrected chi connectivity index (χ1v) is 7.37. The van der Waals surface area contributed by atoms with Gasteiger partial charge in [-0.25, -0.2) is 0 Å². The van der Waals surface area contributed by atoms with E-state index in [1.165, 1.54) is 0 Å². The number of nitrogens with zero attached hydrogens (tertiary/aromatic N) is 6. The molecule has 0 radical (unpaired) electrons. The lowest BCUT2D eigenvalue weighted by Crippen LogP contribution is -2.17. The number of aryl methyl sites for hydroxylation is 1. The van der Waals surface area contributed by atoms with Gasteiger partial charge in [-0.2, -0.15) is 0 Å². The molecule has 2 heterocycles. The normalized spacial score (nSPS) is 12.9. The Morgan fingerprint density at radius 2 is 1.80 bits per heavy atom. The Balaban J connectivity index is 2.25. The van der Waals surface area contributed by atoms with Crippen LogP contribution < -0.4 is 4.90 Å². The summed E-state index contributed by atoms with van der Waals surface area (Å²) in [4.78, 5) is 1.96. The van der Waals surface area contributed by atoms with E-state index >= 15 is 0 Å². The summed E-state index contributed by atoms with van der Waals surface area (Å²) in [5.74, 6) is 2.03. The van der Waals surface area contributed by atoms with Gasteiger partial charge in [0.15, 0.2) is 5.16 Å². The molecule has 1 atom stereocenters. The minimum atomic E-state index is 0.0351. The van der Waals surface area contributed by atoms with Gasteiger partial charge in [0.2, 0.25) is 17.7 Å². The molecule has 20 heavy (non-hydrogen) atoms. The second-order valence-electron chi connectivity index (χ2n) is 5.06. The average molecular weight is 296 g/mol. The highest BCUT2D eigenvalue weighted by Gasteiger charge is 2.21. The van der Waals surface area contributed by atoms with Gasteiger partial charge in [0.1, 0.15) is 0 Å². The Morgan fingerprint density at radius 1 is 1.10 bits per heavy atom. The molecular formula is C12H20N6OS. The number of hydrogen-bond acceptors (Lipinski definition) is 7. The highest BCUT2D eigenvalue weighted by molar-refractivity contribution is 7.99. The molecule has 0 aliphatic carbocycles. The summed E-state index contributed by atoms with van der Waals surface area (Å²) in [5, 5.41) is 17.3. The van der Waals surface area contributed by atoms with Crippen molar-refractivity contribution < 1.29 is 4.42 Å². The molecule has 0 aliphatic heterocycles. The van der Waals surface area contributed by atoms with Crippen LogP contribution in [-0.2, 0) is 0 Å². The Kier molecular flexibility index (Phi) is 4.32. The molecule has 0 bridgehead atoms. The summed E-state index contributed by atoms with van der Waals surface area (Å²) in [6.07, 6.45) is 0. The van der Waals surface area contributed by atoms with E-state index in [1.54, 1.807) is 18.7 Å². The standard InChI is InChI=1S/C12H20N6OS/c1-7(2)18-11(17(5)6)15-16-12(18)20-8(3)10-14-13-9(4)19-10/h7-8H,1-6H3/t8-/m0/s1. The predicted molar refractivity (Wildman–Crippen MR) is 78.0 cm³/mol. The molecule has 0 saturated carbocycles. The smallest absolute Gasteiger partial charge is 0.229 e. The first-order valence-electron chi connectivity index (χ1n) is 6.49. The maximum atomic E-state index is 5.46. The lowest BCUT2D eigenvalue weighted by molar-refractivity contribution is 0.469. The van der Waals surface area contributed by atoms with E-state index in [1.807, 2.05) is 25.9 Å². The molecule has 2 rings (SSSR count). The predicted octanol–water partition coefficient (Wildman–Crippen LogP) is 2.47. The second-order valence-corrected chi connectivity index (χ2v) is 6.37. The third kappa shape index (κ3) is 2.95. The fraction of sp³-hybridized carbons (Fsp3) is 0.667. The van der Waals surface area contributed by atoms with Crippen molar-refractivity contribution in [3.8, 4) is 0 Å². The van der Waals surface area contributed by atoms with Crippen LogP contribution in [0.5, 0.6) is 0 Å². The minimum absolute atomic E-state index is 0.0351. The fourth-order valence-electron chi connectivity index (χ4n) is 1.79. The zero-order valence-corrected chi connectivity index (χ0v) is 13.5. The number of thioether (sulfide) groups is 1. The van der Waals surface area contributed by atoms with Crippen LogP contribution >= 0.6 is 11.8 Å². The number of anilines is 1. The molecule has 0 N–H and O–H groups in total. The van der Waals surface area contributed by atoms with E-state index in [2.05, 4.69) is 38.8 Å². The lowest BCUT2D eigenvalue weighted by atomic mass is 10.4. The zero-order chi connectivity index (χ0) is 14.9. The highest BCUT2D eigenvalue weighted by atomic mass is 32.2. The van der Waals surface area contributed by atoms with Crippen LogP contribution in [0.15, 0.2) is 9.57 Å². The van der Waals surface area contributed by atoms with Crippen molar-refractivity contribution in [1.82, 2.24) is 25.0 Å². The topological polar surface area (TPSA) is 72.9 Å². The van der Waals surface area contributed by atoms with Gasteiger partial charge in [-0.15, -0.1) is 20.4 Å². The maximum absolute atomic E-state index is 5.46. The fourth-order valence-corrected chi connectivity index (χ4v) is 2.80. The first kappa shape index (κ1) is 14.8. The molecule has 0 saturated heterocycles. The van der Waals surface area contributed by atoms with Crippen molar-refractivity contribution in [2.24, 2.45) is 0 Å². The highest BCUT2D eigenvalue weighted by Crippen LogP contribution is 2.35. The number of aromatic nitrogens is 5. The van der Waals surface area contributed by atoms with Gasteiger partial charge < -0.3 is 9.32 Å². The SMILES string of the molecule is Cc1nnc([C@H](C)Sc2nnc(N(C)C)n2C(C)C)o1. The van der Waals surface area contributed by atoms with Crippen molar-refractivity contribution in [2.75, 3.05) is 19.0 Å². The molecular weight excluding hydrogens is 276 g/mol. The Hall–Kier alpha value is -1.57. The summed E-state index contributed by atoms with van der Waals surface area (Å²) >= 11 is 1.57. The molecule has 0 fully saturated rings. The van der Waals surface area contributed by atoms with Crippen molar-refractivity contribution >= 4 is 17.7 Å². The third-order valence-electron chi connectivity index (χ3n) is 2.73. The molecule has 0 amide bonds. The van der Waals surface area contributed by atoms with Gasteiger partial charge in [0.05, 0.1) is 5.25 Å². The monoisotopic (exact) mass is 296 g/mol. The van der Waals surface area contributed by atoms with Crippen LogP contribution in [0.25, 0.3) is 0 Å². The van der Waals surface area contributed by atoms with Crippen LogP contribution in [0.3, 0.4) is 0 Å². The van der Waals surface area contributed by atoms with E-state index < -0.39 is 0 Å². The van der Waals surface area contributed by atoms with Gasteiger partial charge >= 0.3 is 0 Å². The molecule has 0 spiro atoms. The van der Waals surface area contributed by atoms with Gasteiger partial charge in [-0.3, -0.25) is 4.57 Å². The molecule has 2 aromatic rings. The molecule has 0 unspecified atom stereocenters. The molecule has 0 aromatic carbocycles. The molecule has 8 heteroatoms. The lowest BCUT2D eigenvalue weighted by Gasteiger charge is -2.18. The van der Waals surface area contributed by atoms with E-state index in [-0.39, 0.29) is 11.3 Å². The van der Waals surface area contributed by atoms with Crippen LogP contribution in [0, 0.1) is 6.92 Å². The van der Waals surface area contributed by atoms with Gasteiger partial charge in [0, 0.05) is 27.1 Å². The van der Waals surface area contributed by atoms with Crippen molar-refractivity contribution in [3.05, 3.63) is 11.8 Å².